The maximum Gasteiger partial charge on any atom is 0.273 e. The minimum Gasteiger partial charge on any atom is -0.381 e. The number of nitrogens with zero attached hydrogens (tertiary/aromatic N) is 2. The lowest BCUT2D eigenvalue weighted by atomic mass is 10.1. The zero-order valence-electron chi connectivity index (χ0n) is 14.8. The Morgan fingerprint density at radius 1 is 1.31 bits per heavy atom. The standard InChI is InChI=1S/C19H23N3O4/c1-2-22(12-14-8-9-25-13-14)18(23)11-20-19(24)16-10-17(26-21-16)15-6-4-3-5-7-15/h3-7,10,14H,2,8-9,11-13H2,1H3,(H,20,24). The van der Waals surface area contributed by atoms with E-state index in [0.29, 0.717) is 31.4 Å². The van der Waals surface area contributed by atoms with Crippen LogP contribution in [0.5, 0.6) is 0 Å². The second kappa shape index (κ2) is 8.62. The molecule has 7 heteroatoms. The third kappa shape index (κ3) is 4.49. The Balaban J connectivity index is 1.53. The molecule has 2 heterocycles. The highest BCUT2D eigenvalue weighted by Gasteiger charge is 2.22. The van der Waals surface area contributed by atoms with Crippen molar-refractivity contribution in [3.8, 4) is 11.3 Å². The highest BCUT2D eigenvalue weighted by atomic mass is 16.5. The molecule has 138 valence electrons. The van der Waals surface area contributed by atoms with Crippen LogP contribution in [0, 0.1) is 5.92 Å². The first kappa shape index (κ1) is 18.1. The minimum absolute atomic E-state index is 0.0617. The van der Waals surface area contributed by atoms with Crippen LogP contribution in [-0.2, 0) is 9.53 Å². The van der Waals surface area contributed by atoms with Gasteiger partial charge in [-0.1, -0.05) is 35.5 Å². The molecule has 0 saturated carbocycles. The summed E-state index contributed by atoms with van der Waals surface area (Å²) in [5.41, 5.74) is 0.995. The smallest absolute Gasteiger partial charge is 0.273 e. The summed E-state index contributed by atoms with van der Waals surface area (Å²) in [5.74, 6) is 0.348. The Kier molecular flexibility index (Phi) is 6.01. The molecule has 2 amide bonds. The number of nitrogens with one attached hydrogen (secondary N) is 1. The van der Waals surface area contributed by atoms with E-state index in [-0.39, 0.29) is 18.1 Å². The second-order valence-electron chi connectivity index (χ2n) is 6.29. The summed E-state index contributed by atoms with van der Waals surface area (Å²) in [6.45, 7) is 4.58. The normalized spacial score (nSPS) is 16.4. The number of benzene rings is 1. The van der Waals surface area contributed by atoms with E-state index in [4.69, 9.17) is 9.26 Å². The number of hydrogen-bond acceptors (Lipinski definition) is 5. The fraction of sp³-hybridized carbons (Fsp3) is 0.421. The lowest BCUT2D eigenvalue weighted by Crippen LogP contribution is -2.42. The van der Waals surface area contributed by atoms with Crippen LogP contribution >= 0.6 is 0 Å². The van der Waals surface area contributed by atoms with E-state index >= 15 is 0 Å². The predicted octanol–water partition coefficient (Wildman–Crippen LogP) is 1.96. The van der Waals surface area contributed by atoms with Crippen molar-refractivity contribution < 1.29 is 18.8 Å². The van der Waals surface area contributed by atoms with Crippen LogP contribution in [0.4, 0.5) is 0 Å². The van der Waals surface area contributed by atoms with Crippen LogP contribution in [0.2, 0.25) is 0 Å². The number of ether oxygens (including phenoxy) is 1. The fourth-order valence-electron chi connectivity index (χ4n) is 2.93. The molecule has 1 fully saturated rings. The largest absolute Gasteiger partial charge is 0.381 e. The molecule has 1 unspecified atom stereocenters. The van der Waals surface area contributed by atoms with Crippen molar-refractivity contribution >= 4 is 11.8 Å². The topological polar surface area (TPSA) is 84.7 Å². The molecule has 1 aliphatic heterocycles. The number of carbonyl (C=O) groups excluding carboxylic acids is 2. The van der Waals surface area contributed by atoms with Crippen LogP contribution < -0.4 is 5.32 Å². The first-order chi connectivity index (χ1) is 12.7. The molecule has 7 nitrogen and oxygen atoms in total. The van der Waals surface area contributed by atoms with Gasteiger partial charge in [0.1, 0.15) is 0 Å². The molecule has 26 heavy (non-hydrogen) atoms. The van der Waals surface area contributed by atoms with Gasteiger partial charge < -0.3 is 19.5 Å². The highest BCUT2D eigenvalue weighted by Crippen LogP contribution is 2.19. The number of hydrogen-bond donors (Lipinski definition) is 1. The minimum atomic E-state index is -0.426. The average Bonchev–Trinajstić information content (AvgIpc) is 3.36. The van der Waals surface area contributed by atoms with Crippen LogP contribution in [0.3, 0.4) is 0 Å². The van der Waals surface area contributed by atoms with Crippen molar-refractivity contribution in [2.75, 3.05) is 32.8 Å². The fourth-order valence-corrected chi connectivity index (χ4v) is 2.93. The lowest BCUT2D eigenvalue weighted by Gasteiger charge is -2.23. The Morgan fingerprint density at radius 2 is 2.12 bits per heavy atom. The Morgan fingerprint density at radius 3 is 2.81 bits per heavy atom. The van der Waals surface area contributed by atoms with Gasteiger partial charge in [-0.15, -0.1) is 0 Å². The summed E-state index contributed by atoms with van der Waals surface area (Å²) in [6, 6.07) is 11.0. The molecule has 0 radical (unpaired) electrons. The highest BCUT2D eigenvalue weighted by molar-refractivity contribution is 5.95. The number of likely N-dealkylation sites (N-methyl/N-ethyl adjacent to an activating group) is 1. The molecule has 1 aromatic carbocycles. The third-order valence-electron chi connectivity index (χ3n) is 4.44. The zero-order chi connectivity index (χ0) is 18.4. The maximum atomic E-state index is 12.4. The van der Waals surface area contributed by atoms with Gasteiger partial charge in [-0.05, 0) is 13.3 Å². The summed E-state index contributed by atoms with van der Waals surface area (Å²) in [6.07, 6.45) is 0.970. The quantitative estimate of drug-likeness (QED) is 0.819. The molecule has 0 spiro atoms. The monoisotopic (exact) mass is 357 g/mol. The van der Waals surface area contributed by atoms with E-state index < -0.39 is 5.91 Å². The van der Waals surface area contributed by atoms with Crippen molar-refractivity contribution in [3.05, 3.63) is 42.1 Å². The summed E-state index contributed by atoms with van der Waals surface area (Å²) >= 11 is 0. The van der Waals surface area contributed by atoms with Crippen LogP contribution in [0.25, 0.3) is 11.3 Å². The van der Waals surface area contributed by atoms with Gasteiger partial charge in [0, 0.05) is 37.2 Å². The molecule has 1 aliphatic rings. The summed E-state index contributed by atoms with van der Waals surface area (Å²) in [7, 11) is 0. The Labute approximate surface area is 152 Å². The summed E-state index contributed by atoms with van der Waals surface area (Å²) < 4.78 is 10.6. The predicted molar refractivity (Wildman–Crippen MR) is 95.5 cm³/mol. The Bertz CT molecular complexity index is 738. The van der Waals surface area contributed by atoms with Crippen LogP contribution in [0.15, 0.2) is 40.9 Å². The van der Waals surface area contributed by atoms with Gasteiger partial charge in [-0.3, -0.25) is 9.59 Å². The van der Waals surface area contributed by atoms with Crippen molar-refractivity contribution in [2.45, 2.75) is 13.3 Å². The van der Waals surface area contributed by atoms with Gasteiger partial charge in [0.15, 0.2) is 11.5 Å². The van der Waals surface area contributed by atoms with Gasteiger partial charge in [0.2, 0.25) is 5.91 Å². The number of amides is 2. The zero-order valence-corrected chi connectivity index (χ0v) is 14.8. The summed E-state index contributed by atoms with van der Waals surface area (Å²) in [5, 5.41) is 6.41. The van der Waals surface area contributed by atoms with E-state index in [0.717, 1.165) is 18.6 Å². The van der Waals surface area contributed by atoms with E-state index in [1.807, 2.05) is 37.3 Å². The molecule has 3 rings (SSSR count). The summed E-state index contributed by atoms with van der Waals surface area (Å²) in [4.78, 5) is 26.3. The van der Waals surface area contributed by atoms with E-state index in [2.05, 4.69) is 10.5 Å². The first-order valence-electron chi connectivity index (χ1n) is 8.83. The molecule has 1 N–H and O–H groups in total. The van der Waals surface area contributed by atoms with Gasteiger partial charge in [0.05, 0.1) is 13.2 Å². The molecule has 0 bridgehead atoms. The number of aromatic nitrogens is 1. The number of rotatable bonds is 7. The second-order valence-corrected chi connectivity index (χ2v) is 6.29. The first-order valence-corrected chi connectivity index (χ1v) is 8.83. The van der Waals surface area contributed by atoms with Crippen molar-refractivity contribution in [1.29, 1.82) is 0 Å². The van der Waals surface area contributed by atoms with E-state index in [9.17, 15) is 9.59 Å². The van der Waals surface area contributed by atoms with Gasteiger partial charge in [0.25, 0.3) is 5.91 Å². The van der Waals surface area contributed by atoms with Crippen LogP contribution in [0.1, 0.15) is 23.8 Å². The number of carbonyl (C=O) groups is 2. The maximum absolute atomic E-state index is 12.4. The molecule has 0 aliphatic carbocycles. The van der Waals surface area contributed by atoms with E-state index in [1.165, 1.54) is 0 Å². The van der Waals surface area contributed by atoms with Crippen molar-refractivity contribution in [3.63, 3.8) is 0 Å². The lowest BCUT2D eigenvalue weighted by molar-refractivity contribution is -0.130. The molecule has 1 saturated heterocycles. The average molecular weight is 357 g/mol. The SMILES string of the molecule is CCN(CC1CCOC1)C(=O)CNC(=O)c1cc(-c2ccccc2)on1. The molecule has 1 aromatic heterocycles. The molecule has 2 aromatic rings. The van der Waals surface area contributed by atoms with Gasteiger partial charge in [-0.25, -0.2) is 0 Å². The van der Waals surface area contributed by atoms with Gasteiger partial charge in [-0.2, -0.15) is 0 Å². The molecule has 1 atom stereocenters. The van der Waals surface area contributed by atoms with Crippen molar-refractivity contribution in [2.24, 2.45) is 5.92 Å². The molecular formula is C19H23N3O4. The van der Waals surface area contributed by atoms with E-state index in [1.54, 1.807) is 11.0 Å². The third-order valence-corrected chi connectivity index (χ3v) is 4.44. The van der Waals surface area contributed by atoms with Crippen LogP contribution in [-0.4, -0.2) is 54.7 Å². The molecular weight excluding hydrogens is 334 g/mol. The van der Waals surface area contributed by atoms with Gasteiger partial charge >= 0.3 is 0 Å². The van der Waals surface area contributed by atoms with Crippen molar-refractivity contribution in [1.82, 2.24) is 15.4 Å². The Hall–Kier alpha value is -2.67.